The van der Waals surface area contributed by atoms with Gasteiger partial charge in [-0.15, -0.1) is 0 Å². The van der Waals surface area contributed by atoms with Crippen LogP contribution in [0.25, 0.3) is 0 Å². The van der Waals surface area contributed by atoms with Crippen LogP contribution >= 0.6 is 0 Å². The van der Waals surface area contributed by atoms with Crippen molar-refractivity contribution in [3.05, 3.63) is 22.8 Å². The van der Waals surface area contributed by atoms with Crippen molar-refractivity contribution in [3.8, 4) is 0 Å². The smallest absolute Gasteiger partial charge is 0.336 e. The van der Waals surface area contributed by atoms with Gasteiger partial charge in [0.25, 0.3) is 0 Å². The number of cyclic esters (lactones) is 1. The number of aliphatic hydroxyl groups excluding tert-OH is 2. The number of aliphatic hydroxyl groups is 2. The maximum absolute atomic E-state index is 12.4. The van der Waals surface area contributed by atoms with E-state index in [-0.39, 0.29) is 30.2 Å². The van der Waals surface area contributed by atoms with Gasteiger partial charge in [0.2, 0.25) is 0 Å². The van der Waals surface area contributed by atoms with Crippen LogP contribution in [0.2, 0.25) is 0 Å². The fourth-order valence-electron chi connectivity index (χ4n) is 9.15. The molecule has 4 aliphatic carbocycles. The Kier molecular flexibility index (Phi) is 5.65. The molecule has 7 unspecified atom stereocenters. The van der Waals surface area contributed by atoms with Crippen LogP contribution in [0.4, 0.5) is 0 Å². The first-order chi connectivity index (χ1) is 15.2. The molecule has 3 saturated carbocycles. The van der Waals surface area contributed by atoms with Crippen LogP contribution in [0, 0.1) is 40.4 Å². The van der Waals surface area contributed by atoms with Gasteiger partial charge in [-0.2, -0.15) is 0 Å². The Bertz CT molecular complexity index is 842. The van der Waals surface area contributed by atoms with Gasteiger partial charge in [0.05, 0.1) is 18.3 Å². The van der Waals surface area contributed by atoms with Crippen molar-refractivity contribution in [2.75, 3.05) is 6.61 Å². The first-order valence-electron chi connectivity index (χ1n) is 13.1. The minimum absolute atomic E-state index is 0.0636. The molecule has 0 aromatic rings. The first-order valence-corrected chi connectivity index (χ1v) is 13.1. The monoisotopic (exact) mass is 442 g/mol. The Labute approximate surface area is 193 Å². The van der Waals surface area contributed by atoms with Crippen molar-refractivity contribution in [1.82, 2.24) is 0 Å². The van der Waals surface area contributed by atoms with Gasteiger partial charge >= 0.3 is 5.97 Å². The zero-order valence-electron chi connectivity index (χ0n) is 20.4. The summed E-state index contributed by atoms with van der Waals surface area (Å²) in [5.74, 6) is 2.88. The van der Waals surface area contributed by atoms with Crippen molar-refractivity contribution in [2.45, 2.75) is 97.7 Å². The number of hydrogen-bond donors (Lipinski definition) is 2. The lowest BCUT2D eigenvalue weighted by atomic mass is 9.47. The SMILES string of the molecule is CC1=C(CO)C(=O)OC([C@@H](C)C2CCC3C4CC=C5CC(O)CC[C@]5(C)C4CCC32C)C1. The lowest BCUT2D eigenvalue weighted by Crippen LogP contribution is -2.51. The van der Waals surface area contributed by atoms with Crippen LogP contribution in [0.1, 0.15) is 85.5 Å². The van der Waals surface area contributed by atoms with Crippen LogP contribution in [0.3, 0.4) is 0 Å². The van der Waals surface area contributed by atoms with E-state index in [9.17, 15) is 15.0 Å². The van der Waals surface area contributed by atoms with E-state index in [1.54, 1.807) is 5.57 Å². The van der Waals surface area contributed by atoms with Crippen LogP contribution in [0.5, 0.6) is 0 Å². The molecule has 2 N–H and O–H groups in total. The molecule has 0 aromatic heterocycles. The van der Waals surface area contributed by atoms with E-state index in [4.69, 9.17) is 4.74 Å². The first kappa shape index (κ1) is 22.7. The third-order valence-corrected chi connectivity index (χ3v) is 11.1. The molecule has 9 atom stereocenters. The molecule has 5 aliphatic rings. The lowest BCUT2D eigenvalue weighted by Gasteiger charge is -2.58. The van der Waals surface area contributed by atoms with Crippen LogP contribution in [-0.4, -0.2) is 35.0 Å². The Hall–Kier alpha value is -1.13. The zero-order valence-corrected chi connectivity index (χ0v) is 20.4. The van der Waals surface area contributed by atoms with E-state index in [1.807, 2.05) is 6.92 Å². The molecular weight excluding hydrogens is 400 g/mol. The van der Waals surface area contributed by atoms with E-state index in [0.29, 0.717) is 22.8 Å². The van der Waals surface area contributed by atoms with Crippen LogP contribution in [-0.2, 0) is 9.53 Å². The highest BCUT2D eigenvalue weighted by atomic mass is 16.5. The Morgan fingerprint density at radius 1 is 1.12 bits per heavy atom. The highest BCUT2D eigenvalue weighted by Crippen LogP contribution is 2.67. The fraction of sp³-hybridized carbons (Fsp3) is 0.821. The van der Waals surface area contributed by atoms with E-state index >= 15 is 0 Å². The quantitative estimate of drug-likeness (QED) is 0.466. The molecule has 1 aliphatic heterocycles. The van der Waals surface area contributed by atoms with Gasteiger partial charge in [0, 0.05) is 6.42 Å². The lowest BCUT2D eigenvalue weighted by molar-refractivity contribution is -0.152. The number of rotatable bonds is 3. The predicted octanol–water partition coefficient (Wildman–Crippen LogP) is 5.19. The number of hydrogen-bond acceptors (Lipinski definition) is 4. The third-order valence-electron chi connectivity index (χ3n) is 11.1. The summed E-state index contributed by atoms with van der Waals surface area (Å²) >= 11 is 0. The summed E-state index contributed by atoms with van der Waals surface area (Å²) in [6.07, 6.45) is 12.3. The van der Waals surface area contributed by atoms with Gasteiger partial charge in [-0.3, -0.25) is 0 Å². The molecule has 0 amide bonds. The summed E-state index contributed by atoms with van der Waals surface area (Å²) < 4.78 is 5.87. The Morgan fingerprint density at radius 2 is 1.91 bits per heavy atom. The highest BCUT2D eigenvalue weighted by Gasteiger charge is 2.59. The van der Waals surface area contributed by atoms with Gasteiger partial charge in [-0.25, -0.2) is 4.79 Å². The maximum atomic E-state index is 12.4. The van der Waals surface area contributed by atoms with Gasteiger partial charge in [-0.1, -0.05) is 38.0 Å². The summed E-state index contributed by atoms with van der Waals surface area (Å²) in [5.41, 5.74) is 3.61. The molecule has 0 spiro atoms. The number of allylic oxidation sites excluding steroid dienone is 1. The second-order valence-corrected chi connectivity index (χ2v) is 12.3. The van der Waals surface area contributed by atoms with Crippen molar-refractivity contribution in [3.63, 3.8) is 0 Å². The average molecular weight is 443 g/mol. The van der Waals surface area contributed by atoms with E-state index in [2.05, 4.69) is 26.8 Å². The highest BCUT2D eigenvalue weighted by molar-refractivity contribution is 5.90. The number of esters is 1. The molecule has 178 valence electrons. The molecule has 32 heavy (non-hydrogen) atoms. The summed E-state index contributed by atoms with van der Waals surface area (Å²) in [4.78, 5) is 12.4. The van der Waals surface area contributed by atoms with E-state index in [0.717, 1.165) is 49.0 Å². The largest absolute Gasteiger partial charge is 0.458 e. The summed E-state index contributed by atoms with van der Waals surface area (Å²) in [6.45, 7) is 9.10. The molecule has 0 saturated heterocycles. The minimum atomic E-state index is -0.311. The van der Waals surface area contributed by atoms with Crippen LogP contribution < -0.4 is 0 Å². The Balaban J connectivity index is 1.37. The summed E-state index contributed by atoms with van der Waals surface area (Å²) in [5, 5.41) is 19.8. The minimum Gasteiger partial charge on any atom is -0.458 e. The van der Waals surface area contributed by atoms with Crippen molar-refractivity contribution in [1.29, 1.82) is 0 Å². The third kappa shape index (κ3) is 3.27. The molecular formula is C28H42O4. The number of carbonyl (C=O) groups excluding carboxylic acids is 1. The van der Waals surface area contributed by atoms with E-state index in [1.165, 1.54) is 32.1 Å². The topological polar surface area (TPSA) is 66.8 Å². The molecule has 0 aromatic carbocycles. The van der Waals surface area contributed by atoms with Gasteiger partial charge < -0.3 is 14.9 Å². The number of ether oxygens (including phenoxy) is 1. The summed E-state index contributed by atoms with van der Waals surface area (Å²) in [7, 11) is 0. The fourth-order valence-corrected chi connectivity index (χ4v) is 9.15. The molecule has 5 rings (SSSR count). The van der Waals surface area contributed by atoms with Gasteiger partial charge in [-0.05, 0) is 98.7 Å². The van der Waals surface area contributed by atoms with Gasteiger partial charge in [0.1, 0.15) is 6.10 Å². The number of fused-ring (bicyclic) bond motifs is 5. The average Bonchev–Trinajstić information content (AvgIpc) is 3.10. The van der Waals surface area contributed by atoms with Crippen molar-refractivity contribution < 1.29 is 19.7 Å². The second kappa shape index (κ2) is 7.98. The zero-order chi connectivity index (χ0) is 22.8. The molecule has 1 heterocycles. The molecule has 4 heteroatoms. The number of carbonyl (C=O) groups is 1. The second-order valence-electron chi connectivity index (χ2n) is 12.3. The normalized spacial score (nSPS) is 47.2. The van der Waals surface area contributed by atoms with Crippen molar-refractivity contribution >= 4 is 5.97 Å². The maximum Gasteiger partial charge on any atom is 0.336 e. The predicted molar refractivity (Wildman–Crippen MR) is 125 cm³/mol. The van der Waals surface area contributed by atoms with Crippen LogP contribution in [0.15, 0.2) is 22.8 Å². The molecule has 3 fully saturated rings. The van der Waals surface area contributed by atoms with Gasteiger partial charge in [0.15, 0.2) is 0 Å². The standard InChI is InChI=1S/C28H42O4/c1-16-13-25(32-26(31)21(16)15-29)17(2)22-7-8-23-20-6-5-18-14-19(30)9-11-27(18,3)24(20)10-12-28(22,23)4/h5,17,19-20,22-25,29-30H,6-15H2,1-4H3/t17-,19?,20?,22?,23?,24?,25?,27-,28?/m0/s1. The molecule has 4 nitrogen and oxygen atoms in total. The van der Waals surface area contributed by atoms with Crippen molar-refractivity contribution in [2.24, 2.45) is 40.4 Å². The molecule has 0 radical (unpaired) electrons. The van der Waals surface area contributed by atoms with E-state index < -0.39 is 0 Å². The summed E-state index contributed by atoms with van der Waals surface area (Å²) in [6, 6.07) is 0. The molecule has 0 bridgehead atoms. The Morgan fingerprint density at radius 3 is 2.62 bits per heavy atom.